The van der Waals surface area contributed by atoms with Crippen LogP contribution in [0.1, 0.15) is 15.9 Å². The van der Waals surface area contributed by atoms with Crippen LogP contribution in [-0.4, -0.2) is 27.9 Å². The molecule has 0 N–H and O–H groups in total. The van der Waals surface area contributed by atoms with Gasteiger partial charge in [0, 0.05) is 20.7 Å². The number of halogens is 2. The molecule has 0 amide bonds. The van der Waals surface area contributed by atoms with Gasteiger partial charge in [0.15, 0.2) is 17.8 Å². The van der Waals surface area contributed by atoms with Crippen molar-refractivity contribution in [3.05, 3.63) is 21.7 Å². The third-order valence-corrected chi connectivity index (χ3v) is 3.96. The molecule has 0 unspecified atom stereocenters. The predicted octanol–water partition coefficient (Wildman–Crippen LogP) is 2.10. The number of carbonyl (C=O) groups is 1. The number of benzene rings is 1. The fourth-order valence-electron chi connectivity index (χ4n) is 1.66. The lowest BCUT2D eigenvalue weighted by atomic mass is 10.1. The zero-order valence-corrected chi connectivity index (χ0v) is 12.1. The van der Waals surface area contributed by atoms with Gasteiger partial charge >= 0.3 is 0 Å². The number of rotatable bonds is 3. The summed E-state index contributed by atoms with van der Waals surface area (Å²) in [6.45, 7) is 0.597. The summed E-state index contributed by atoms with van der Waals surface area (Å²) in [5.74, 6) is 0.120. The van der Waals surface area contributed by atoms with Crippen molar-refractivity contribution in [3.63, 3.8) is 0 Å². The van der Waals surface area contributed by atoms with Gasteiger partial charge in [-0.2, -0.15) is 0 Å². The van der Waals surface area contributed by atoms with E-state index in [0.29, 0.717) is 35.1 Å². The van der Waals surface area contributed by atoms with E-state index in [2.05, 4.69) is 15.9 Å². The standard InChI is InChI=1S/C10H8BrClO5S/c11-8-3-6(5-18(12,14)15)9-10(7(8)4-13)17-2-1-16-9/h3-4H,1-2,5H2. The van der Waals surface area contributed by atoms with Crippen LogP contribution in [0.5, 0.6) is 11.5 Å². The molecule has 1 aromatic carbocycles. The van der Waals surface area contributed by atoms with Gasteiger partial charge in [0.2, 0.25) is 9.05 Å². The Labute approximate surface area is 117 Å². The summed E-state index contributed by atoms with van der Waals surface area (Å²) in [7, 11) is 1.51. The summed E-state index contributed by atoms with van der Waals surface area (Å²) in [6.07, 6.45) is 0.622. The molecule has 18 heavy (non-hydrogen) atoms. The molecule has 0 aliphatic carbocycles. The minimum absolute atomic E-state index is 0.251. The largest absolute Gasteiger partial charge is 0.486 e. The Hall–Kier alpha value is -0.790. The van der Waals surface area contributed by atoms with Gasteiger partial charge in [-0.05, 0) is 22.0 Å². The van der Waals surface area contributed by atoms with Gasteiger partial charge in [0.1, 0.15) is 13.2 Å². The van der Waals surface area contributed by atoms with Gasteiger partial charge in [0.05, 0.1) is 11.3 Å². The quantitative estimate of drug-likeness (QED) is 0.613. The summed E-state index contributed by atoms with van der Waals surface area (Å²) in [4.78, 5) is 11.0. The average Bonchev–Trinajstić information content (AvgIpc) is 2.27. The minimum Gasteiger partial charge on any atom is -0.486 e. The van der Waals surface area contributed by atoms with Crippen LogP contribution in [0.2, 0.25) is 0 Å². The van der Waals surface area contributed by atoms with Crippen LogP contribution in [0.4, 0.5) is 0 Å². The second-order valence-corrected chi connectivity index (χ2v) is 7.22. The topological polar surface area (TPSA) is 69.7 Å². The van der Waals surface area contributed by atoms with Crippen molar-refractivity contribution < 1.29 is 22.7 Å². The molecule has 0 spiro atoms. The van der Waals surface area contributed by atoms with Gasteiger partial charge in [-0.1, -0.05) is 0 Å². The Kier molecular flexibility index (Phi) is 3.84. The lowest BCUT2D eigenvalue weighted by Crippen LogP contribution is -2.18. The van der Waals surface area contributed by atoms with Crippen LogP contribution in [0.15, 0.2) is 10.5 Å². The molecule has 1 heterocycles. The predicted molar refractivity (Wildman–Crippen MR) is 69.0 cm³/mol. The highest BCUT2D eigenvalue weighted by molar-refractivity contribution is 9.10. The first-order valence-corrected chi connectivity index (χ1v) is 8.18. The summed E-state index contributed by atoms with van der Waals surface area (Å²) in [6, 6.07) is 1.50. The van der Waals surface area contributed by atoms with Crippen LogP contribution in [0, 0.1) is 0 Å². The summed E-state index contributed by atoms with van der Waals surface area (Å²) >= 11 is 3.19. The van der Waals surface area contributed by atoms with Crippen LogP contribution < -0.4 is 9.47 Å². The highest BCUT2D eigenvalue weighted by atomic mass is 79.9. The maximum absolute atomic E-state index is 11.1. The molecule has 1 aliphatic rings. The Morgan fingerprint density at radius 2 is 1.94 bits per heavy atom. The lowest BCUT2D eigenvalue weighted by molar-refractivity contribution is 0.111. The van der Waals surface area contributed by atoms with Gasteiger partial charge < -0.3 is 9.47 Å². The first kappa shape index (κ1) is 13.6. The molecule has 5 nitrogen and oxygen atoms in total. The molecule has 1 aliphatic heterocycles. The van der Waals surface area contributed by atoms with Gasteiger partial charge in [0.25, 0.3) is 0 Å². The summed E-state index contributed by atoms with van der Waals surface area (Å²) < 4.78 is 33.4. The maximum Gasteiger partial charge on any atom is 0.236 e. The molecule has 2 rings (SSSR count). The fraction of sp³-hybridized carbons (Fsp3) is 0.300. The molecule has 8 heteroatoms. The molecule has 0 atom stereocenters. The number of ether oxygens (including phenoxy) is 2. The lowest BCUT2D eigenvalue weighted by Gasteiger charge is -2.22. The first-order chi connectivity index (χ1) is 8.42. The van der Waals surface area contributed by atoms with E-state index in [9.17, 15) is 13.2 Å². The van der Waals surface area contributed by atoms with Crippen LogP contribution >= 0.6 is 26.6 Å². The fourth-order valence-corrected chi connectivity index (χ4v) is 3.15. The SMILES string of the molecule is O=Cc1c(Br)cc(CS(=O)(=O)Cl)c2c1OCCO2. The Morgan fingerprint density at radius 3 is 2.50 bits per heavy atom. The molecular weight excluding hydrogens is 348 g/mol. The first-order valence-electron chi connectivity index (χ1n) is 4.91. The molecule has 0 radical (unpaired) electrons. The zero-order chi connectivity index (χ0) is 13.3. The van der Waals surface area contributed by atoms with E-state index in [-0.39, 0.29) is 11.5 Å². The third kappa shape index (κ3) is 2.78. The van der Waals surface area contributed by atoms with Crippen molar-refractivity contribution >= 4 is 41.9 Å². The van der Waals surface area contributed by atoms with E-state index in [1.807, 2.05) is 0 Å². The average molecular weight is 356 g/mol. The van der Waals surface area contributed by atoms with Crippen LogP contribution in [-0.2, 0) is 14.8 Å². The Balaban J connectivity index is 2.61. The van der Waals surface area contributed by atoms with Crippen molar-refractivity contribution in [2.45, 2.75) is 5.75 Å². The van der Waals surface area contributed by atoms with E-state index in [4.69, 9.17) is 20.2 Å². The highest BCUT2D eigenvalue weighted by Crippen LogP contribution is 2.41. The summed E-state index contributed by atoms with van der Waals surface area (Å²) in [5, 5.41) is 0. The second-order valence-electron chi connectivity index (χ2n) is 3.59. The molecule has 0 saturated heterocycles. The smallest absolute Gasteiger partial charge is 0.236 e. The third-order valence-electron chi connectivity index (χ3n) is 2.32. The minimum atomic E-state index is -3.72. The second kappa shape index (κ2) is 5.07. The molecule has 1 aromatic rings. The van der Waals surface area contributed by atoms with Gasteiger partial charge in [-0.15, -0.1) is 0 Å². The number of hydrogen-bond donors (Lipinski definition) is 0. The number of hydrogen-bond acceptors (Lipinski definition) is 5. The molecule has 0 aromatic heterocycles. The van der Waals surface area contributed by atoms with Gasteiger partial charge in [-0.25, -0.2) is 8.42 Å². The van der Waals surface area contributed by atoms with E-state index in [0.717, 1.165) is 0 Å². The van der Waals surface area contributed by atoms with E-state index >= 15 is 0 Å². The molecular formula is C10H8BrClO5S. The van der Waals surface area contributed by atoms with E-state index in [1.54, 1.807) is 0 Å². The Morgan fingerprint density at radius 1 is 1.33 bits per heavy atom. The van der Waals surface area contributed by atoms with Crippen LogP contribution in [0.3, 0.4) is 0 Å². The summed E-state index contributed by atoms with van der Waals surface area (Å²) in [5.41, 5.74) is 0.651. The van der Waals surface area contributed by atoms with E-state index in [1.165, 1.54) is 6.07 Å². The van der Waals surface area contributed by atoms with E-state index < -0.39 is 14.8 Å². The van der Waals surface area contributed by atoms with Crippen molar-refractivity contribution in [1.29, 1.82) is 0 Å². The number of fused-ring (bicyclic) bond motifs is 1. The Bertz CT molecular complexity index is 599. The molecule has 98 valence electrons. The van der Waals surface area contributed by atoms with Crippen molar-refractivity contribution in [1.82, 2.24) is 0 Å². The number of aldehydes is 1. The monoisotopic (exact) mass is 354 g/mol. The van der Waals surface area contributed by atoms with Crippen molar-refractivity contribution in [2.75, 3.05) is 13.2 Å². The molecule has 0 fully saturated rings. The molecule has 0 saturated carbocycles. The van der Waals surface area contributed by atoms with Crippen molar-refractivity contribution in [3.8, 4) is 11.5 Å². The highest BCUT2D eigenvalue weighted by Gasteiger charge is 2.24. The van der Waals surface area contributed by atoms with Crippen LogP contribution in [0.25, 0.3) is 0 Å². The van der Waals surface area contributed by atoms with Gasteiger partial charge in [-0.3, -0.25) is 4.79 Å². The maximum atomic E-state index is 11.1. The van der Waals surface area contributed by atoms with Crippen molar-refractivity contribution in [2.24, 2.45) is 0 Å². The normalized spacial score (nSPS) is 14.3. The zero-order valence-electron chi connectivity index (χ0n) is 8.98. The number of carbonyl (C=O) groups excluding carboxylic acids is 1. The molecule has 0 bridgehead atoms.